The fourth-order valence-electron chi connectivity index (χ4n) is 1.90. The van der Waals surface area contributed by atoms with E-state index in [9.17, 15) is 4.79 Å². The summed E-state index contributed by atoms with van der Waals surface area (Å²) >= 11 is 6.06. The van der Waals surface area contributed by atoms with Gasteiger partial charge in [0.1, 0.15) is 0 Å². The molecule has 1 aromatic carbocycles. The lowest BCUT2D eigenvalue weighted by molar-refractivity contribution is 0.0697. The highest BCUT2D eigenvalue weighted by Gasteiger charge is 2.08. The van der Waals surface area contributed by atoms with Crippen molar-refractivity contribution in [1.29, 1.82) is 0 Å². The van der Waals surface area contributed by atoms with Crippen LogP contribution in [-0.4, -0.2) is 20.5 Å². The molecule has 3 aromatic rings. The van der Waals surface area contributed by atoms with Gasteiger partial charge in [0.15, 0.2) is 5.65 Å². The molecule has 0 fully saturated rings. The predicted octanol–water partition coefficient (Wildman–Crippen LogP) is 3.35. The minimum absolute atomic E-state index is 0.255. The van der Waals surface area contributed by atoms with Crippen molar-refractivity contribution in [2.45, 2.75) is 0 Å². The highest BCUT2D eigenvalue weighted by atomic mass is 35.5. The Morgan fingerprint density at radius 2 is 1.95 bits per heavy atom. The summed E-state index contributed by atoms with van der Waals surface area (Å²) in [5.74, 6) is -0.940. The monoisotopic (exact) mass is 272 g/mol. The van der Waals surface area contributed by atoms with Crippen LogP contribution in [0, 0.1) is 0 Å². The number of halogens is 1. The number of aromatic carboxylic acids is 1. The fourth-order valence-corrected chi connectivity index (χ4v) is 2.11. The topological polar surface area (TPSA) is 54.6 Å². The summed E-state index contributed by atoms with van der Waals surface area (Å²) < 4.78 is 1.84. The van der Waals surface area contributed by atoms with Crippen LogP contribution in [0.5, 0.6) is 0 Å². The van der Waals surface area contributed by atoms with Gasteiger partial charge < -0.3 is 9.51 Å². The number of pyridine rings is 1. The molecule has 0 amide bonds. The lowest BCUT2D eigenvalue weighted by atomic mass is 10.1. The van der Waals surface area contributed by atoms with E-state index in [-0.39, 0.29) is 5.56 Å². The number of hydrogen-bond donors (Lipinski definition) is 1. The third-order valence-electron chi connectivity index (χ3n) is 2.86. The zero-order chi connectivity index (χ0) is 13.4. The Morgan fingerprint density at radius 3 is 2.58 bits per heavy atom. The predicted molar refractivity (Wildman–Crippen MR) is 72.6 cm³/mol. The molecular weight excluding hydrogens is 264 g/mol. The standard InChI is InChI=1S/C14H9ClN2O2/c15-11-2-1-7-17-8-12(16-13(11)17)9-3-5-10(6-4-9)14(18)19/h1-8H,(H,18,19). The van der Waals surface area contributed by atoms with E-state index in [1.54, 1.807) is 30.3 Å². The van der Waals surface area contributed by atoms with Gasteiger partial charge in [0.25, 0.3) is 0 Å². The summed E-state index contributed by atoms with van der Waals surface area (Å²) in [4.78, 5) is 15.2. The molecule has 0 saturated heterocycles. The molecule has 2 heterocycles. The second kappa shape index (κ2) is 4.40. The molecule has 0 aliphatic rings. The number of hydrogen-bond acceptors (Lipinski definition) is 2. The number of fused-ring (bicyclic) bond motifs is 1. The van der Waals surface area contributed by atoms with Crippen molar-refractivity contribution in [1.82, 2.24) is 9.38 Å². The van der Waals surface area contributed by atoms with Gasteiger partial charge >= 0.3 is 5.97 Å². The summed E-state index contributed by atoms with van der Waals surface area (Å²) in [6.45, 7) is 0. The van der Waals surface area contributed by atoms with Gasteiger partial charge in [-0.3, -0.25) is 0 Å². The second-order valence-electron chi connectivity index (χ2n) is 4.10. The van der Waals surface area contributed by atoms with E-state index in [0.717, 1.165) is 11.3 Å². The highest BCUT2D eigenvalue weighted by Crippen LogP contribution is 2.23. The van der Waals surface area contributed by atoms with Crippen molar-refractivity contribution >= 4 is 23.2 Å². The zero-order valence-electron chi connectivity index (χ0n) is 9.75. The molecular formula is C14H9ClN2O2. The molecule has 4 nitrogen and oxygen atoms in total. The van der Waals surface area contributed by atoms with Gasteiger partial charge in [-0.2, -0.15) is 0 Å². The van der Waals surface area contributed by atoms with Gasteiger partial charge in [-0.05, 0) is 24.3 Å². The van der Waals surface area contributed by atoms with E-state index < -0.39 is 5.97 Å². The van der Waals surface area contributed by atoms with Crippen molar-refractivity contribution in [3.8, 4) is 11.3 Å². The molecule has 0 bridgehead atoms. The third-order valence-corrected chi connectivity index (χ3v) is 3.16. The van der Waals surface area contributed by atoms with Gasteiger partial charge in [-0.15, -0.1) is 0 Å². The maximum Gasteiger partial charge on any atom is 0.335 e. The lowest BCUT2D eigenvalue weighted by Crippen LogP contribution is -1.94. The lowest BCUT2D eigenvalue weighted by Gasteiger charge is -1.97. The molecule has 94 valence electrons. The summed E-state index contributed by atoms with van der Waals surface area (Å²) in [6.07, 6.45) is 3.72. The van der Waals surface area contributed by atoms with Gasteiger partial charge in [-0.1, -0.05) is 23.7 Å². The fraction of sp³-hybridized carbons (Fsp3) is 0. The van der Waals surface area contributed by atoms with Crippen LogP contribution in [-0.2, 0) is 0 Å². The minimum atomic E-state index is -0.940. The normalized spacial score (nSPS) is 10.8. The molecule has 0 saturated carbocycles. The molecule has 0 radical (unpaired) electrons. The largest absolute Gasteiger partial charge is 0.478 e. The van der Waals surface area contributed by atoms with E-state index in [1.165, 1.54) is 0 Å². The van der Waals surface area contributed by atoms with E-state index in [2.05, 4.69) is 4.98 Å². The maximum atomic E-state index is 10.8. The number of carbonyl (C=O) groups is 1. The Balaban J connectivity index is 2.09. The summed E-state index contributed by atoms with van der Waals surface area (Å²) in [5, 5.41) is 9.44. The third kappa shape index (κ3) is 2.06. The number of imidazole rings is 1. The zero-order valence-corrected chi connectivity index (χ0v) is 10.5. The van der Waals surface area contributed by atoms with Crippen LogP contribution in [0.25, 0.3) is 16.9 Å². The number of nitrogens with zero attached hydrogens (tertiary/aromatic N) is 2. The first-order valence-electron chi connectivity index (χ1n) is 5.62. The summed E-state index contributed by atoms with van der Waals surface area (Å²) in [6, 6.07) is 10.2. The molecule has 0 aliphatic heterocycles. The molecule has 0 unspecified atom stereocenters. The summed E-state index contributed by atoms with van der Waals surface area (Å²) in [5.41, 5.74) is 2.54. The van der Waals surface area contributed by atoms with Crippen LogP contribution in [0.2, 0.25) is 5.02 Å². The van der Waals surface area contributed by atoms with Crippen LogP contribution < -0.4 is 0 Å². The smallest absolute Gasteiger partial charge is 0.335 e. The molecule has 0 spiro atoms. The van der Waals surface area contributed by atoms with Gasteiger partial charge in [0.2, 0.25) is 0 Å². The van der Waals surface area contributed by atoms with Gasteiger partial charge in [0.05, 0.1) is 16.3 Å². The Morgan fingerprint density at radius 1 is 1.21 bits per heavy atom. The van der Waals surface area contributed by atoms with E-state index in [4.69, 9.17) is 16.7 Å². The first kappa shape index (κ1) is 11.7. The van der Waals surface area contributed by atoms with E-state index >= 15 is 0 Å². The van der Waals surface area contributed by atoms with Crippen LogP contribution in [0.15, 0.2) is 48.8 Å². The number of benzene rings is 1. The van der Waals surface area contributed by atoms with Gasteiger partial charge in [-0.25, -0.2) is 9.78 Å². The SMILES string of the molecule is O=C(O)c1ccc(-c2cn3cccc(Cl)c3n2)cc1. The molecule has 1 N–H and O–H groups in total. The molecule has 19 heavy (non-hydrogen) atoms. The molecule has 0 aliphatic carbocycles. The van der Waals surface area contributed by atoms with Crippen molar-refractivity contribution in [2.24, 2.45) is 0 Å². The first-order chi connectivity index (χ1) is 9.15. The van der Waals surface area contributed by atoms with Crippen LogP contribution in [0.1, 0.15) is 10.4 Å². The Labute approximate surface area is 113 Å². The van der Waals surface area contributed by atoms with Crippen molar-refractivity contribution in [3.63, 3.8) is 0 Å². The highest BCUT2D eigenvalue weighted by molar-refractivity contribution is 6.33. The van der Waals surface area contributed by atoms with Crippen molar-refractivity contribution in [2.75, 3.05) is 0 Å². The Bertz CT molecular complexity index is 763. The number of rotatable bonds is 2. The minimum Gasteiger partial charge on any atom is -0.478 e. The average Bonchev–Trinajstić information content (AvgIpc) is 2.84. The second-order valence-corrected chi connectivity index (χ2v) is 4.50. The van der Waals surface area contributed by atoms with Crippen LogP contribution in [0.4, 0.5) is 0 Å². The Hall–Kier alpha value is -2.33. The van der Waals surface area contributed by atoms with Crippen molar-refractivity contribution < 1.29 is 9.90 Å². The maximum absolute atomic E-state index is 10.8. The van der Waals surface area contributed by atoms with Gasteiger partial charge in [0, 0.05) is 18.0 Å². The summed E-state index contributed by atoms with van der Waals surface area (Å²) in [7, 11) is 0. The van der Waals surface area contributed by atoms with E-state index in [1.807, 2.05) is 22.9 Å². The number of carboxylic acids is 1. The van der Waals surface area contributed by atoms with E-state index in [0.29, 0.717) is 10.7 Å². The quantitative estimate of drug-likeness (QED) is 0.778. The average molecular weight is 273 g/mol. The Kier molecular flexibility index (Phi) is 2.72. The first-order valence-corrected chi connectivity index (χ1v) is 6.00. The molecule has 2 aromatic heterocycles. The van der Waals surface area contributed by atoms with Crippen molar-refractivity contribution in [3.05, 3.63) is 59.4 Å². The number of aromatic nitrogens is 2. The molecule has 0 atom stereocenters. The van der Waals surface area contributed by atoms with Crippen LogP contribution >= 0.6 is 11.6 Å². The van der Waals surface area contributed by atoms with Crippen LogP contribution in [0.3, 0.4) is 0 Å². The number of carboxylic acid groups (broad SMARTS) is 1. The molecule has 5 heteroatoms. The molecule has 3 rings (SSSR count).